The smallest absolute Gasteiger partial charge is 0.257 e. The number of amides is 1. The summed E-state index contributed by atoms with van der Waals surface area (Å²) < 4.78 is 12.9. The van der Waals surface area contributed by atoms with Gasteiger partial charge in [0.25, 0.3) is 5.91 Å². The number of aromatic nitrogens is 2. The van der Waals surface area contributed by atoms with Gasteiger partial charge in [-0.15, -0.1) is 0 Å². The van der Waals surface area contributed by atoms with Crippen molar-refractivity contribution in [3.63, 3.8) is 0 Å². The molecule has 0 radical (unpaired) electrons. The summed E-state index contributed by atoms with van der Waals surface area (Å²) >= 11 is 0. The Hall–Kier alpha value is -2.54. The fourth-order valence-corrected chi connectivity index (χ4v) is 2.96. The van der Waals surface area contributed by atoms with Gasteiger partial charge in [-0.05, 0) is 57.0 Å². The van der Waals surface area contributed by atoms with Crippen LogP contribution in [0.1, 0.15) is 29.4 Å². The van der Waals surface area contributed by atoms with Gasteiger partial charge in [0.15, 0.2) is 18.1 Å². The zero-order valence-electron chi connectivity index (χ0n) is 16.9. The van der Waals surface area contributed by atoms with Crippen molar-refractivity contribution in [2.45, 2.75) is 33.7 Å². The van der Waals surface area contributed by atoms with Gasteiger partial charge in [-0.1, -0.05) is 6.07 Å². The van der Waals surface area contributed by atoms with E-state index >= 15 is 0 Å². The zero-order chi connectivity index (χ0) is 19.8. The molecule has 0 aliphatic carbocycles. The van der Waals surface area contributed by atoms with Gasteiger partial charge in [0, 0.05) is 25.8 Å². The van der Waals surface area contributed by atoms with Crippen LogP contribution in [0.2, 0.25) is 0 Å². The summed E-state index contributed by atoms with van der Waals surface area (Å²) in [4.78, 5) is 11.5. The monoisotopic (exact) mass is 374 g/mol. The third-order valence-electron chi connectivity index (χ3n) is 4.50. The van der Waals surface area contributed by atoms with Gasteiger partial charge in [0.05, 0.1) is 12.8 Å². The van der Waals surface area contributed by atoms with E-state index in [1.54, 1.807) is 7.11 Å². The number of nitrogens with one attached hydrogen (secondary N) is 2. The maximum Gasteiger partial charge on any atom is 0.257 e. The molecule has 7 nitrogen and oxygen atoms in total. The van der Waals surface area contributed by atoms with E-state index in [4.69, 9.17) is 9.47 Å². The number of benzene rings is 1. The SMILES string of the molecule is CCNC(=O)COc1ccc(CNCCc2c(C)nn(C)c2C)cc1OC. The van der Waals surface area contributed by atoms with Crippen molar-refractivity contribution in [3.8, 4) is 11.5 Å². The molecule has 0 spiro atoms. The van der Waals surface area contributed by atoms with Gasteiger partial charge < -0.3 is 20.1 Å². The number of nitrogens with zero attached hydrogens (tertiary/aromatic N) is 2. The zero-order valence-corrected chi connectivity index (χ0v) is 16.9. The van der Waals surface area contributed by atoms with Crippen molar-refractivity contribution in [1.29, 1.82) is 0 Å². The predicted molar refractivity (Wildman–Crippen MR) is 105 cm³/mol. The fraction of sp³-hybridized carbons (Fsp3) is 0.500. The minimum atomic E-state index is -0.147. The summed E-state index contributed by atoms with van der Waals surface area (Å²) in [5, 5.41) is 10.6. The lowest BCUT2D eigenvalue weighted by molar-refractivity contribution is -0.123. The highest BCUT2D eigenvalue weighted by Crippen LogP contribution is 2.28. The summed E-state index contributed by atoms with van der Waals surface area (Å²) in [5.41, 5.74) is 4.70. The molecule has 1 aromatic heterocycles. The van der Waals surface area contributed by atoms with Crippen LogP contribution in [0.4, 0.5) is 0 Å². The third-order valence-corrected chi connectivity index (χ3v) is 4.50. The summed E-state index contributed by atoms with van der Waals surface area (Å²) in [7, 11) is 3.57. The lowest BCUT2D eigenvalue weighted by Crippen LogP contribution is -2.28. The Morgan fingerprint density at radius 2 is 2.04 bits per heavy atom. The van der Waals surface area contributed by atoms with Crippen molar-refractivity contribution in [1.82, 2.24) is 20.4 Å². The standard InChI is InChI=1S/C20H30N4O3/c1-6-22-20(25)13-27-18-8-7-16(11-19(18)26-5)12-21-10-9-17-14(2)23-24(4)15(17)3/h7-8,11,21H,6,9-10,12-13H2,1-5H3,(H,22,25). The van der Waals surface area contributed by atoms with Crippen LogP contribution in [0.15, 0.2) is 18.2 Å². The molecule has 27 heavy (non-hydrogen) atoms. The molecule has 0 atom stereocenters. The maximum atomic E-state index is 11.5. The quantitative estimate of drug-likeness (QED) is 0.621. The molecule has 0 unspecified atom stereocenters. The first-order valence-electron chi connectivity index (χ1n) is 9.22. The van der Waals surface area contributed by atoms with Gasteiger partial charge in [-0.3, -0.25) is 9.48 Å². The number of ether oxygens (including phenoxy) is 2. The first-order valence-corrected chi connectivity index (χ1v) is 9.22. The Morgan fingerprint density at radius 1 is 1.26 bits per heavy atom. The molecule has 1 heterocycles. The molecule has 2 N–H and O–H groups in total. The highest BCUT2D eigenvalue weighted by Gasteiger charge is 2.10. The average Bonchev–Trinajstić information content (AvgIpc) is 2.89. The minimum Gasteiger partial charge on any atom is -0.493 e. The number of hydrogen-bond acceptors (Lipinski definition) is 5. The van der Waals surface area contributed by atoms with E-state index in [9.17, 15) is 4.79 Å². The Morgan fingerprint density at radius 3 is 2.67 bits per heavy atom. The van der Waals surface area contributed by atoms with Gasteiger partial charge in [-0.25, -0.2) is 0 Å². The molecule has 0 aliphatic heterocycles. The molecule has 0 bridgehead atoms. The molecule has 1 aromatic carbocycles. The van der Waals surface area contributed by atoms with Crippen molar-refractivity contribution < 1.29 is 14.3 Å². The van der Waals surface area contributed by atoms with Crippen molar-refractivity contribution in [2.24, 2.45) is 7.05 Å². The highest BCUT2D eigenvalue weighted by molar-refractivity contribution is 5.77. The second-order valence-corrected chi connectivity index (χ2v) is 6.43. The number of methoxy groups -OCH3 is 1. The molecule has 0 fully saturated rings. The van der Waals surface area contributed by atoms with Crippen LogP contribution < -0.4 is 20.1 Å². The molecule has 1 amide bonds. The van der Waals surface area contributed by atoms with Gasteiger partial charge in [0.2, 0.25) is 0 Å². The van der Waals surface area contributed by atoms with Crippen molar-refractivity contribution in [3.05, 3.63) is 40.7 Å². The van der Waals surface area contributed by atoms with E-state index in [0.717, 1.165) is 30.8 Å². The first kappa shape index (κ1) is 20.8. The van der Waals surface area contributed by atoms with E-state index in [-0.39, 0.29) is 12.5 Å². The molecule has 148 valence electrons. The Labute approximate surface area is 161 Å². The molecular formula is C20H30N4O3. The number of carbonyl (C=O) groups is 1. The Bertz CT molecular complexity index is 771. The third kappa shape index (κ3) is 5.72. The summed E-state index contributed by atoms with van der Waals surface area (Å²) in [5.74, 6) is 1.04. The van der Waals surface area contributed by atoms with Crippen LogP contribution in [0.3, 0.4) is 0 Å². The molecule has 0 aliphatic rings. The van der Waals surface area contributed by atoms with Crippen LogP contribution in [-0.4, -0.2) is 42.5 Å². The van der Waals surface area contributed by atoms with E-state index in [0.29, 0.717) is 18.0 Å². The average molecular weight is 374 g/mol. The normalized spacial score (nSPS) is 10.7. The second kappa shape index (κ2) is 9.97. The lowest BCUT2D eigenvalue weighted by Gasteiger charge is -2.12. The highest BCUT2D eigenvalue weighted by atomic mass is 16.5. The number of aryl methyl sites for hydroxylation is 2. The number of likely N-dealkylation sites (N-methyl/N-ethyl adjacent to an activating group) is 1. The maximum absolute atomic E-state index is 11.5. The molecule has 2 aromatic rings. The Kier molecular flexibility index (Phi) is 7.67. The molecule has 2 rings (SSSR count). The second-order valence-electron chi connectivity index (χ2n) is 6.43. The number of hydrogen-bond donors (Lipinski definition) is 2. The van der Waals surface area contributed by atoms with Crippen LogP contribution >= 0.6 is 0 Å². The van der Waals surface area contributed by atoms with E-state index < -0.39 is 0 Å². The number of carbonyl (C=O) groups excluding carboxylic acids is 1. The van der Waals surface area contributed by atoms with E-state index in [2.05, 4.69) is 22.7 Å². The molecule has 0 saturated heterocycles. The van der Waals surface area contributed by atoms with Crippen molar-refractivity contribution >= 4 is 5.91 Å². The largest absolute Gasteiger partial charge is 0.493 e. The van der Waals surface area contributed by atoms with Gasteiger partial charge in [0.1, 0.15) is 0 Å². The molecule has 0 saturated carbocycles. The molecular weight excluding hydrogens is 344 g/mol. The first-order chi connectivity index (χ1) is 13.0. The number of rotatable bonds is 10. The lowest BCUT2D eigenvalue weighted by atomic mass is 10.1. The minimum absolute atomic E-state index is 0.0222. The van der Waals surface area contributed by atoms with Crippen LogP contribution in [0.25, 0.3) is 0 Å². The molecule has 7 heteroatoms. The fourth-order valence-electron chi connectivity index (χ4n) is 2.96. The van der Waals surface area contributed by atoms with Crippen molar-refractivity contribution in [2.75, 3.05) is 26.8 Å². The summed E-state index contributed by atoms with van der Waals surface area (Å²) in [6, 6.07) is 5.74. The summed E-state index contributed by atoms with van der Waals surface area (Å²) in [6.45, 7) is 8.17. The van der Waals surface area contributed by atoms with E-state index in [1.807, 2.05) is 43.8 Å². The van der Waals surface area contributed by atoms with Crippen LogP contribution in [-0.2, 0) is 24.8 Å². The topological polar surface area (TPSA) is 77.4 Å². The summed E-state index contributed by atoms with van der Waals surface area (Å²) in [6.07, 6.45) is 0.941. The predicted octanol–water partition coefficient (Wildman–Crippen LogP) is 1.89. The van der Waals surface area contributed by atoms with Gasteiger partial charge >= 0.3 is 0 Å². The van der Waals surface area contributed by atoms with Crippen LogP contribution in [0.5, 0.6) is 11.5 Å². The van der Waals surface area contributed by atoms with Crippen LogP contribution in [0, 0.1) is 13.8 Å². The van der Waals surface area contributed by atoms with E-state index in [1.165, 1.54) is 11.3 Å². The van der Waals surface area contributed by atoms with Gasteiger partial charge in [-0.2, -0.15) is 5.10 Å². The Balaban J connectivity index is 1.87.